The van der Waals surface area contributed by atoms with E-state index in [4.69, 9.17) is 0 Å². The molecular weight excluding hydrogens is 171 g/mol. The lowest BCUT2D eigenvalue weighted by atomic mass is 10.3. The number of halogens is 4. The van der Waals surface area contributed by atoms with Crippen LogP contribution in [-0.4, -0.2) is 7.25 Å². The summed E-state index contributed by atoms with van der Waals surface area (Å²) in [6.07, 6.45) is 14.0. The van der Waals surface area contributed by atoms with Gasteiger partial charge in [0.25, 0.3) is 0 Å². The first-order valence-corrected chi connectivity index (χ1v) is 3.26. The summed E-state index contributed by atoms with van der Waals surface area (Å²) in [6.45, 7) is 0. The minimum absolute atomic E-state index is 0.951. The average Bonchev–Trinajstić information content (AvgIpc) is 2.10. The lowest BCUT2D eigenvalue weighted by molar-refractivity contribution is 0.368. The van der Waals surface area contributed by atoms with Crippen LogP contribution in [0.5, 0.6) is 0 Å². The molecule has 1 aliphatic rings. The standard InChI is InChI=1S/C7H7.BF4/c1-2-4-6-7-5-3-1;2-1(3,4)5/h1-5H,6H2;/q+1;-1. The fourth-order valence-electron chi connectivity index (χ4n) is 0.470. The van der Waals surface area contributed by atoms with Crippen LogP contribution in [0.25, 0.3) is 0 Å². The third kappa shape index (κ3) is 16.0. The lowest BCUT2D eigenvalue weighted by Gasteiger charge is -1.94. The van der Waals surface area contributed by atoms with Crippen molar-refractivity contribution in [3.05, 3.63) is 36.5 Å². The molecule has 0 aliphatic heterocycles. The molecule has 12 heavy (non-hydrogen) atoms. The van der Waals surface area contributed by atoms with E-state index in [0.717, 1.165) is 6.42 Å². The van der Waals surface area contributed by atoms with Gasteiger partial charge in [0.2, 0.25) is 0 Å². The molecule has 0 saturated heterocycles. The number of hydrogen-bond acceptors (Lipinski definition) is 0. The van der Waals surface area contributed by atoms with Crippen LogP contribution in [0.1, 0.15) is 6.42 Å². The van der Waals surface area contributed by atoms with Crippen molar-refractivity contribution in [3.63, 3.8) is 0 Å². The first kappa shape index (κ1) is 10.9. The first-order valence-electron chi connectivity index (χ1n) is 3.26. The van der Waals surface area contributed by atoms with E-state index in [1.807, 2.05) is 24.3 Å². The maximum Gasteiger partial charge on any atom is 0.673 e. The van der Waals surface area contributed by atoms with Crippen molar-refractivity contribution in [2.45, 2.75) is 6.42 Å². The Labute approximate surface area is 68.4 Å². The molecular formula is C7H7BF4. The van der Waals surface area contributed by atoms with E-state index in [2.05, 4.69) is 12.2 Å². The molecule has 0 N–H and O–H groups in total. The van der Waals surface area contributed by atoms with E-state index in [-0.39, 0.29) is 0 Å². The highest BCUT2D eigenvalue weighted by atomic mass is 19.5. The van der Waals surface area contributed by atoms with Gasteiger partial charge in [-0.25, -0.2) is 0 Å². The van der Waals surface area contributed by atoms with Crippen molar-refractivity contribution in [2.75, 3.05) is 0 Å². The van der Waals surface area contributed by atoms with Crippen molar-refractivity contribution >= 4 is 7.25 Å². The Hall–Kier alpha value is -1.09. The van der Waals surface area contributed by atoms with Gasteiger partial charge in [0.1, 0.15) is 6.42 Å². The van der Waals surface area contributed by atoms with Crippen LogP contribution in [0, 0.1) is 6.08 Å². The van der Waals surface area contributed by atoms with Crippen molar-refractivity contribution in [1.29, 1.82) is 0 Å². The quantitative estimate of drug-likeness (QED) is 0.303. The molecule has 0 nitrogen and oxygen atoms in total. The SMILES string of the molecule is F[B-](F)(F)F.[C+]1=CC=CC=CC1. The number of allylic oxidation sites excluding steroid dienone is 6. The summed E-state index contributed by atoms with van der Waals surface area (Å²) in [6, 6.07) is 0. The number of rotatable bonds is 0. The molecule has 0 amide bonds. The second-order valence-corrected chi connectivity index (χ2v) is 1.88. The van der Waals surface area contributed by atoms with Crippen molar-refractivity contribution in [3.8, 4) is 0 Å². The summed E-state index contributed by atoms with van der Waals surface area (Å²) in [5.74, 6) is 0. The molecule has 0 bridgehead atoms. The molecule has 0 aromatic heterocycles. The van der Waals surface area contributed by atoms with Gasteiger partial charge in [-0.1, -0.05) is 6.08 Å². The Morgan fingerprint density at radius 2 is 1.58 bits per heavy atom. The van der Waals surface area contributed by atoms with Gasteiger partial charge in [-0.05, 0) is 6.08 Å². The summed E-state index contributed by atoms with van der Waals surface area (Å²) in [5, 5.41) is 0. The monoisotopic (exact) mass is 178 g/mol. The molecule has 0 aromatic carbocycles. The van der Waals surface area contributed by atoms with Gasteiger partial charge in [-0.15, -0.1) is 0 Å². The molecule has 66 valence electrons. The first-order chi connectivity index (χ1) is 5.50. The third-order valence-corrected chi connectivity index (χ3v) is 0.808. The van der Waals surface area contributed by atoms with Crippen molar-refractivity contribution < 1.29 is 17.3 Å². The topological polar surface area (TPSA) is 0 Å². The zero-order valence-corrected chi connectivity index (χ0v) is 6.18. The van der Waals surface area contributed by atoms with Gasteiger partial charge < -0.3 is 17.3 Å². The summed E-state index contributed by atoms with van der Waals surface area (Å²) >= 11 is 0. The predicted molar refractivity (Wildman–Crippen MR) is 40.9 cm³/mol. The highest BCUT2D eigenvalue weighted by molar-refractivity contribution is 6.50. The third-order valence-electron chi connectivity index (χ3n) is 0.808. The molecule has 0 saturated carbocycles. The zero-order chi connectivity index (χ0) is 9.45. The van der Waals surface area contributed by atoms with Crippen LogP contribution in [0.2, 0.25) is 0 Å². The van der Waals surface area contributed by atoms with Crippen LogP contribution in [0.15, 0.2) is 30.4 Å². The Kier molecular flexibility index (Phi) is 5.05. The van der Waals surface area contributed by atoms with Gasteiger partial charge in [-0.3, -0.25) is 0 Å². The Balaban J connectivity index is 0.000000217. The van der Waals surface area contributed by atoms with E-state index >= 15 is 0 Å². The van der Waals surface area contributed by atoms with E-state index in [0.29, 0.717) is 0 Å². The molecule has 0 spiro atoms. The van der Waals surface area contributed by atoms with Crippen molar-refractivity contribution in [2.24, 2.45) is 0 Å². The van der Waals surface area contributed by atoms with E-state index < -0.39 is 7.25 Å². The minimum atomic E-state index is -6.00. The van der Waals surface area contributed by atoms with E-state index in [1.165, 1.54) is 0 Å². The number of hydrogen-bond donors (Lipinski definition) is 0. The normalized spacial score (nSPS) is 14.3. The van der Waals surface area contributed by atoms with Crippen LogP contribution in [0.4, 0.5) is 17.3 Å². The highest BCUT2D eigenvalue weighted by Crippen LogP contribution is 2.06. The summed E-state index contributed by atoms with van der Waals surface area (Å²) < 4.78 is 39.0. The molecule has 0 atom stereocenters. The molecule has 0 fully saturated rings. The Morgan fingerprint density at radius 3 is 2.17 bits per heavy atom. The smallest absolute Gasteiger partial charge is 0.418 e. The highest BCUT2D eigenvalue weighted by Gasteiger charge is 2.20. The maximum atomic E-state index is 9.75. The second-order valence-electron chi connectivity index (χ2n) is 1.88. The average molecular weight is 178 g/mol. The van der Waals surface area contributed by atoms with Crippen LogP contribution in [-0.2, 0) is 0 Å². The predicted octanol–water partition coefficient (Wildman–Crippen LogP) is 3.16. The van der Waals surface area contributed by atoms with Gasteiger partial charge in [0, 0.05) is 6.08 Å². The molecule has 0 heterocycles. The van der Waals surface area contributed by atoms with Crippen molar-refractivity contribution in [1.82, 2.24) is 0 Å². The van der Waals surface area contributed by atoms with Gasteiger partial charge in [-0.2, -0.15) is 0 Å². The fraction of sp³-hybridized carbons (Fsp3) is 0.143. The molecule has 5 heteroatoms. The molecule has 0 aromatic rings. The van der Waals surface area contributed by atoms with Gasteiger partial charge in [0.05, 0.1) is 12.2 Å². The molecule has 0 radical (unpaired) electrons. The van der Waals surface area contributed by atoms with Crippen LogP contribution >= 0.6 is 0 Å². The fourth-order valence-corrected chi connectivity index (χ4v) is 0.470. The maximum absolute atomic E-state index is 9.75. The summed E-state index contributed by atoms with van der Waals surface area (Å²) in [5.41, 5.74) is 0. The van der Waals surface area contributed by atoms with Gasteiger partial charge >= 0.3 is 7.25 Å². The second kappa shape index (κ2) is 5.55. The Bertz CT molecular complexity index is 170. The lowest BCUT2D eigenvalue weighted by Crippen LogP contribution is -2.02. The summed E-state index contributed by atoms with van der Waals surface area (Å²) in [7, 11) is -6.00. The van der Waals surface area contributed by atoms with E-state index in [9.17, 15) is 17.3 Å². The van der Waals surface area contributed by atoms with Gasteiger partial charge in [0.15, 0.2) is 6.08 Å². The van der Waals surface area contributed by atoms with Crippen LogP contribution < -0.4 is 0 Å². The zero-order valence-electron chi connectivity index (χ0n) is 6.18. The Morgan fingerprint density at radius 1 is 1.00 bits per heavy atom. The summed E-state index contributed by atoms with van der Waals surface area (Å²) in [4.78, 5) is 0. The largest absolute Gasteiger partial charge is 0.673 e. The molecule has 1 aliphatic carbocycles. The molecule has 1 rings (SSSR count). The minimum Gasteiger partial charge on any atom is -0.418 e. The molecule has 0 unspecified atom stereocenters. The van der Waals surface area contributed by atoms with Crippen LogP contribution in [0.3, 0.4) is 0 Å². The van der Waals surface area contributed by atoms with E-state index in [1.54, 1.807) is 0 Å².